The summed E-state index contributed by atoms with van der Waals surface area (Å²) in [6.45, 7) is 23.7. The van der Waals surface area contributed by atoms with Gasteiger partial charge in [-0.2, -0.15) is 0 Å². The summed E-state index contributed by atoms with van der Waals surface area (Å²) in [5.41, 5.74) is 12.9. The molecule has 0 saturated heterocycles. The molecule has 0 radical (unpaired) electrons. The van der Waals surface area contributed by atoms with Crippen molar-refractivity contribution < 1.29 is 0 Å². The highest BCUT2D eigenvalue weighted by atomic mass is 15.0. The fourth-order valence-corrected chi connectivity index (χ4v) is 11.0. The molecule has 0 aliphatic rings. The molecule has 2 heteroatoms. The summed E-state index contributed by atoms with van der Waals surface area (Å²) in [5.74, 6) is 0. The summed E-state index contributed by atoms with van der Waals surface area (Å²) in [4.78, 5) is 0. The Morgan fingerprint density at radius 1 is 0.317 bits per heavy atom. The van der Waals surface area contributed by atoms with E-state index in [1.807, 2.05) is 0 Å². The maximum atomic E-state index is 2.58. The van der Waals surface area contributed by atoms with Gasteiger partial charge in [0.1, 0.15) is 0 Å². The molecule has 294 valence electrons. The summed E-state index contributed by atoms with van der Waals surface area (Å²) in [6, 6.07) is 50.5. The molecule has 0 aliphatic carbocycles. The smallest absolute Gasteiger partial charge is 0.0615 e. The molecule has 0 N–H and O–H groups in total. The van der Waals surface area contributed by atoms with E-state index in [4.69, 9.17) is 0 Å². The van der Waals surface area contributed by atoms with Crippen molar-refractivity contribution in [3.05, 3.63) is 167 Å². The van der Waals surface area contributed by atoms with Crippen molar-refractivity contribution in [3.63, 3.8) is 0 Å². The number of hydrogen-bond acceptors (Lipinski definition) is 0. The highest BCUT2D eigenvalue weighted by Gasteiger charge is 2.31. The first-order valence-electron chi connectivity index (χ1n) is 21.6. The quantitative estimate of drug-likeness (QED) is 0.155. The highest BCUT2D eigenvalue weighted by molar-refractivity contribution is 6.17. The third-order valence-corrected chi connectivity index (χ3v) is 13.8. The molecular formula is C58H52N2. The lowest BCUT2D eigenvalue weighted by molar-refractivity contribution is 0.593. The molecule has 9 aromatic carbocycles. The fourth-order valence-electron chi connectivity index (χ4n) is 11.0. The minimum atomic E-state index is -0.140. The van der Waals surface area contributed by atoms with Crippen LogP contribution in [-0.2, 0) is 10.8 Å². The van der Waals surface area contributed by atoms with Crippen molar-refractivity contribution >= 4 is 86.4 Å². The van der Waals surface area contributed by atoms with Gasteiger partial charge in [0.15, 0.2) is 0 Å². The van der Waals surface area contributed by atoms with E-state index >= 15 is 0 Å². The Balaban J connectivity index is 1.32. The van der Waals surface area contributed by atoms with Gasteiger partial charge in [-0.3, -0.25) is 0 Å². The molecule has 0 spiro atoms. The van der Waals surface area contributed by atoms with Crippen LogP contribution in [0.3, 0.4) is 0 Å². The van der Waals surface area contributed by atoms with Gasteiger partial charge in [0.25, 0.3) is 0 Å². The third-order valence-electron chi connectivity index (χ3n) is 13.8. The molecule has 0 aliphatic heterocycles. The topological polar surface area (TPSA) is 9.86 Å². The molecule has 0 bridgehead atoms. The molecule has 2 aromatic heterocycles. The monoisotopic (exact) mass is 776 g/mol. The Morgan fingerprint density at radius 3 is 0.900 bits per heavy atom. The predicted molar refractivity (Wildman–Crippen MR) is 261 cm³/mol. The van der Waals surface area contributed by atoms with Crippen molar-refractivity contribution in [1.29, 1.82) is 0 Å². The average molecular weight is 777 g/mol. The van der Waals surface area contributed by atoms with Gasteiger partial charge in [0.2, 0.25) is 0 Å². The molecule has 0 fully saturated rings. The van der Waals surface area contributed by atoms with Crippen LogP contribution in [0.2, 0.25) is 0 Å². The lowest BCUT2D eigenvalue weighted by Gasteiger charge is -2.31. The molecule has 0 saturated carbocycles. The van der Waals surface area contributed by atoms with Crippen molar-refractivity contribution in [3.8, 4) is 11.4 Å². The Bertz CT molecular complexity index is 3300. The first-order chi connectivity index (χ1) is 28.7. The first-order valence-corrected chi connectivity index (χ1v) is 21.6. The van der Waals surface area contributed by atoms with Crippen LogP contribution < -0.4 is 0 Å². The lowest BCUT2D eigenvalue weighted by atomic mass is 9.73. The number of aryl methyl sites for hydroxylation is 2. The van der Waals surface area contributed by atoms with Gasteiger partial charge in [-0.05, 0) is 140 Å². The van der Waals surface area contributed by atoms with Gasteiger partial charge >= 0.3 is 0 Å². The van der Waals surface area contributed by atoms with Crippen molar-refractivity contribution in [2.45, 2.75) is 80.1 Å². The second-order valence-electron chi connectivity index (χ2n) is 19.5. The van der Waals surface area contributed by atoms with E-state index in [0.717, 1.165) is 0 Å². The van der Waals surface area contributed by atoms with E-state index in [2.05, 4.69) is 212 Å². The summed E-state index contributed by atoms with van der Waals surface area (Å²) in [6.07, 6.45) is 0. The SMILES string of the molecule is Cc1c(C)n(-c2c3ccccc3cc3ccccc23)c2cc3c(C(C)(C)C)c4cc5c(C)c(C)n(-c6c7ccccc7cc7ccccc67)c5cc4c(C(C)(C)C)c3cc12. The van der Waals surface area contributed by atoms with Crippen LogP contribution in [0.25, 0.3) is 97.8 Å². The Labute approximate surface area is 352 Å². The van der Waals surface area contributed by atoms with Crippen LogP contribution in [0.15, 0.2) is 133 Å². The summed E-state index contributed by atoms with van der Waals surface area (Å²) >= 11 is 0. The summed E-state index contributed by atoms with van der Waals surface area (Å²) < 4.78 is 5.15. The zero-order valence-electron chi connectivity index (χ0n) is 36.6. The first kappa shape index (κ1) is 36.7. The van der Waals surface area contributed by atoms with Gasteiger partial charge in [-0.1, -0.05) is 139 Å². The number of fused-ring (bicyclic) bond motifs is 8. The average Bonchev–Trinajstić information content (AvgIpc) is 3.60. The molecule has 2 heterocycles. The van der Waals surface area contributed by atoms with Crippen molar-refractivity contribution in [2.24, 2.45) is 0 Å². The van der Waals surface area contributed by atoms with E-state index in [0.29, 0.717) is 0 Å². The van der Waals surface area contributed by atoms with Crippen LogP contribution in [-0.4, -0.2) is 9.13 Å². The molecule has 0 amide bonds. The zero-order chi connectivity index (χ0) is 41.6. The molecule has 2 nitrogen and oxygen atoms in total. The van der Waals surface area contributed by atoms with E-state index < -0.39 is 0 Å². The minimum absolute atomic E-state index is 0.140. The maximum absolute atomic E-state index is 2.58. The fraction of sp³-hybridized carbons (Fsp3) is 0.207. The molecule has 11 aromatic rings. The van der Waals surface area contributed by atoms with Crippen LogP contribution >= 0.6 is 0 Å². The maximum Gasteiger partial charge on any atom is 0.0615 e. The second-order valence-corrected chi connectivity index (χ2v) is 19.5. The molecular weight excluding hydrogens is 725 g/mol. The van der Waals surface area contributed by atoms with Crippen LogP contribution in [0, 0.1) is 27.7 Å². The van der Waals surface area contributed by atoms with E-state index in [9.17, 15) is 0 Å². The van der Waals surface area contributed by atoms with E-state index in [1.165, 1.54) is 131 Å². The predicted octanol–water partition coefficient (Wildman–Crippen LogP) is 16.3. The Kier molecular flexibility index (Phi) is 7.68. The third kappa shape index (κ3) is 5.06. The Hall–Kier alpha value is -6.38. The standard InChI is InChI=1S/C58H52N2/c1-33-35(3)59(55-41-23-15-11-19-37(41)27-38-20-12-16-24-42(38)55)51-31-49-47(29-45(33)51)53(57(5,6)7)50-32-52-46(30-48(50)54(49)58(8,9)10)34(2)36(4)60(52)56-43-25-17-13-21-39(43)28-40-22-14-18-26-44(40)56/h11-32H,1-10H3. The normalized spacial score (nSPS) is 12.8. The molecule has 0 unspecified atom stereocenters. The van der Waals surface area contributed by atoms with Crippen LogP contribution in [0.1, 0.15) is 75.2 Å². The van der Waals surface area contributed by atoms with Gasteiger partial charge in [-0.25, -0.2) is 0 Å². The summed E-state index contributed by atoms with van der Waals surface area (Å²) in [5, 5.41) is 18.2. The Morgan fingerprint density at radius 2 is 0.600 bits per heavy atom. The van der Waals surface area contributed by atoms with Crippen LogP contribution in [0.5, 0.6) is 0 Å². The minimum Gasteiger partial charge on any atom is -0.312 e. The zero-order valence-corrected chi connectivity index (χ0v) is 36.6. The lowest BCUT2D eigenvalue weighted by Crippen LogP contribution is -2.18. The summed E-state index contributed by atoms with van der Waals surface area (Å²) in [7, 11) is 0. The van der Waals surface area contributed by atoms with Gasteiger partial charge in [0.05, 0.1) is 22.4 Å². The highest BCUT2D eigenvalue weighted by Crippen LogP contribution is 2.49. The van der Waals surface area contributed by atoms with E-state index in [-0.39, 0.29) is 10.8 Å². The van der Waals surface area contributed by atoms with Gasteiger partial charge < -0.3 is 9.13 Å². The van der Waals surface area contributed by atoms with Crippen LogP contribution in [0.4, 0.5) is 0 Å². The molecule has 60 heavy (non-hydrogen) atoms. The number of nitrogens with zero attached hydrogens (tertiary/aromatic N) is 2. The van der Waals surface area contributed by atoms with Gasteiger partial charge in [0, 0.05) is 43.7 Å². The second kappa shape index (κ2) is 12.6. The van der Waals surface area contributed by atoms with Crippen molar-refractivity contribution in [1.82, 2.24) is 9.13 Å². The number of hydrogen-bond donors (Lipinski definition) is 0. The molecule has 11 rings (SSSR count). The van der Waals surface area contributed by atoms with E-state index in [1.54, 1.807) is 0 Å². The van der Waals surface area contributed by atoms with Gasteiger partial charge in [-0.15, -0.1) is 0 Å². The largest absolute Gasteiger partial charge is 0.312 e. The number of rotatable bonds is 2. The number of benzene rings is 9. The van der Waals surface area contributed by atoms with Crippen molar-refractivity contribution in [2.75, 3.05) is 0 Å². The number of aromatic nitrogens is 2. The molecule has 0 atom stereocenters.